The number of furan rings is 1. The number of carbonyl (C=O) groups is 1. The first-order valence-electron chi connectivity index (χ1n) is 8.10. The maximum absolute atomic E-state index is 12.5. The lowest BCUT2D eigenvalue weighted by molar-refractivity contribution is -0.120. The van der Waals surface area contributed by atoms with Crippen LogP contribution in [0.4, 0.5) is 5.13 Å². The van der Waals surface area contributed by atoms with Crippen LogP contribution in [-0.4, -0.2) is 10.9 Å². The molecule has 7 heteroatoms. The van der Waals surface area contributed by atoms with Crippen LogP contribution in [0.3, 0.4) is 0 Å². The molecule has 138 valence electrons. The number of amides is 1. The smallest absolute Gasteiger partial charge is 0.230 e. The molecule has 0 aliphatic heterocycles. The van der Waals surface area contributed by atoms with Crippen LogP contribution < -0.4 is 11.1 Å². The Hall–Kier alpha value is -2.15. The summed E-state index contributed by atoms with van der Waals surface area (Å²) in [5, 5.41) is 5.34. The molecule has 2 unspecified atom stereocenters. The number of benzene rings is 1. The molecule has 26 heavy (non-hydrogen) atoms. The molecule has 2 aromatic heterocycles. The molecule has 0 aliphatic rings. The van der Waals surface area contributed by atoms with Crippen LogP contribution in [0.2, 0.25) is 0 Å². The summed E-state index contributed by atoms with van der Waals surface area (Å²) in [7, 11) is 0. The van der Waals surface area contributed by atoms with Crippen LogP contribution in [0, 0.1) is 19.8 Å². The highest BCUT2D eigenvalue weighted by molar-refractivity contribution is 7.14. The van der Waals surface area contributed by atoms with Gasteiger partial charge in [0.2, 0.25) is 5.91 Å². The molecule has 3 rings (SSSR count). The zero-order valence-electron chi connectivity index (χ0n) is 14.9. The minimum absolute atomic E-state index is 0. The summed E-state index contributed by atoms with van der Waals surface area (Å²) in [4.78, 5) is 17.0. The van der Waals surface area contributed by atoms with Crippen molar-refractivity contribution in [2.45, 2.75) is 26.8 Å². The van der Waals surface area contributed by atoms with Crippen molar-refractivity contribution in [3.63, 3.8) is 0 Å². The first-order valence-corrected chi connectivity index (χ1v) is 8.98. The lowest BCUT2D eigenvalue weighted by Gasteiger charge is -2.19. The molecule has 1 amide bonds. The van der Waals surface area contributed by atoms with E-state index in [0.717, 1.165) is 28.3 Å². The first-order chi connectivity index (χ1) is 12.0. The van der Waals surface area contributed by atoms with Gasteiger partial charge in [0.15, 0.2) is 5.13 Å². The number of hydrogen-bond donors (Lipinski definition) is 2. The van der Waals surface area contributed by atoms with Gasteiger partial charge < -0.3 is 15.5 Å². The van der Waals surface area contributed by atoms with E-state index >= 15 is 0 Å². The van der Waals surface area contributed by atoms with Crippen LogP contribution >= 0.6 is 23.7 Å². The maximum atomic E-state index is 12.5. The van der Waals surface area contributed by atoms with Crippen molar-refractivity contribution in [3.05, 3.63) is 58.9 Å². The third-order valence-electron chi connectivity index (χ3n) is 4.19. The van der Waals surface area contributed by atoms with E-state index in [1.165, 1.54) is 11.3 Å². The van der Waals surface area contributed by atoms with E-state index < -0.39 is 0 Å². The molecule has 1 aromatic carbocycles. The van der Waals surface area contributed by atoms with Gasteiger partial charge in [0.1, 0.15) is 11.5 Å². The molecular formula is C19H22ClN3O2S. The van der Waals surface area contributed by atoms with Gasteiger partial charge in [-0.1, -0.05) is 37.3 Å². The van der Waals surface area contributed by atoms with E-state index in [1.807, 2.05) is 62.5 Å². The number of anilines is 1. The Morgan fingerprint density at radius 3 is 2.58 bits per heavy atom. The van der Waals surface area contributed by atoms with Crippen LogP contribution in [0.25, 0.3) is 11.3 Å². The molecular weight excluding hydrogens is 370 g/mol. The molecule has 2 atom stereocenters. The number of nitrogens with two attached hydrogens (primary N) is 1. The molecule has 0 saturated carbocycles. The number of aromatic nitrogens is 1. The molecule has 0 bridgehead atoms. The highest BCUT2D eigenvalue weighted by Crippen LogP contribution is 2.30. The number of hydrogen-bond acceptors (Lipinski definition) is 5. The number of nitrogens with zero attached hydrogens (tertiary/aromatic N) is 1. The number of carbonyl (C=O) groups excluding carboxylic acids is 1. The van der Waals surface area contributed by atoms with Crippen molar-refractivity contribution in [3.8, 4) is 11.3 Å². The average molecular weight is 392 g/mol. The molecule has 0 spiro atoms. The van der Waals surface area contributed by atoms with Gasteiger partial charge in [0.25, 0.3) is 0 Å². The second-order valence-corrected chi connectivity index (χ2v) is 6.94. The van der Waals surface area contributed by atoms with E-state index in [9.17, 15) is 4.79 Å². The van der Waals surface area contributed by atoms with E-state index in [4.69, 9.17) is 10.2 Å². The summed E-state index contributed by atoms with van der Waals surface area (Å²) >= 11 is 1.39. The number of aryl methyl sites for hydroxylation is 2. The van der Waals surface area contributed by atoms with Gasteiger partial charge in [-0.15, -0.1) is 23.7 Å². The van der Waals surface area contributed by atoms with E-state index in [-0.39, 0.29) is 30.3 Å². The zero-order chi connectivity index (χ0) is 18.0. The third kappa shape index (κ3) is 4.33. The summed E-state index contributed by atoms with van der Waals surface area (Å²) < 4.78 is 5.54. The molecule has 3 N–H and O–H groups in total. The second kappa shape index (κ2) is 8.49. The quantitative estimate of drug-likeness (QED) is 0.659. The van der Waals surface area contributed by atoms with Gasteiger partial charge in [-0.05, 0) is 25.5 Å². The number of rotatable bonds is 5. The Morgan fingerprint density at radius 1 is 1.27 bits per heavy atom. The van der Waals surface area contributed by atoms with E-state index in [1.54, 1.807) is 0 Å². The van der Waals surface area contributed by atoms with Crippen LogP contribution in [0.1, 0.15) is 30.0 Å². The largest absolute Gasteiger partial charge is 0.466 e. The summed E-state index contributed by atoms with van der Waals surface area (Å²) in [6.07, 6.45) is 0. The molecule has 0 aliphatic carbocycles. The van der Waals surface area contributed by atoms with Crippen molar-refractivity contribution in [1.29, 1.82) is 0 Å². The van der Waals surface area contributed by atoms with Gasteiger partial charge in [-0.25, -0.2) is 4.98 Å². The topological polar surface area (TPSA) is 81.2 Å². The Labute approximate surface area is 163 Å². The number of thiazole rings is 1. The van der Waals surface area contributed by atoms with E-state index in [0.29, 0.717) is 5.13 Å². The van der Waals surface area contributed by atoms with Crippen LogP contribution in [0.15, 0.2) is 46.2 Å². The summed E-state index contributed by atoms with van der Waals surface area (Å²) in [6, 6.07) is 11.2. The second-order valence-electron chi connectivity index (χ2n) is 6.08. The fraction of sp³-hybridized carbons (Fsp3) is 0.263. The molecule has 0 fully saturated rings. The van der Waals surface area contributed by atoms with Gasteiger partial charge in [-0.3, -0.25) is 4.79 Å². The molecule has 0 radical (unpaired) electrons. The minimum atomic E-state index is -0.368. The summed E-state index contributed by atoms with van der Waals surface area (Å²) in [5.74, 6) is 1.15. The Bertz CT molecular complexity index is 876. The standard InChI is InChI=1S/C19H21N3O2S.ClH/c1-11-9-15(13(3)24-11)16-10-25-19(21-16)22-18(23)12(2)17(20)14-7-5-4-6-8-14;/h4-10,12,17H,20H2,1-3H3,(H,21,22,23);1H. The van der Waals surface area contributed by atoms with E-state index in [2.05, 4.69) is 10.3 Å². The Kier molecular flexibility index (Phi) is 6.58. The molecule has 5 nitrogen and oxygen atoms in total. The number of halogens is 1. The lowest BCUT2D eigenvalue weighted by atomic mass is 9.95. The predicted octanol–water partition coefficient (Wildman–Crippen LogP) is 4.72. The Balaban J connectivity index is 0.00000243. The van der Waals surface area contributed by atoms with Gasteiger partial charge in [0, 0.05) is 17.0 Å². The zero-order valence-corrected chi connectivity index (χ0v) is 16.5. The van der Waals surface area contributed by atoms with Gasteiger partial charge in [-0.2, -0.15) is 0 Å². The highest BCUT2D eigenvalue weighted by Gasteiger charge is 2.23. The van der Waals surface area contributed by atoms with Crippen molar-refractivity contribution >= 4 is 34.8 Å². The maximum Gasteiger partial charge on any atom is 0.230 e. The average Bonchev–Trinajstić information content (AvgIpc) is 3.20. The predicted molar refractivity (Wildman–Crippen MR) is 108 cm³/mol. The minimum Gasteiger partial charge on any atom is -0.466 e. The van der Waals surface area contributed by atoms with Gasteiger partial charge >= 0.3 is 0 Å². The molecule has 3 aromatic rings. The number of nitrogens with one attached hydrogen (secondary N) is 1. The summed E-state index contributed by atoms with van der Waals surface area (Å²) in [6.45, 7) is 5.63. The third-order valence-corrected chi connectivity index (χ3v) is 4.95. The van der Waals surface area contributed by atoms with Crippen LogP contribution in [-0.2, 0) is 4.79 Å². The van der Waals surface area contributed by atoms with Gasteiger partial charge in [0.05, 0.1) is 11.6 Å². The normalized spacial score (nSPS) is 12.9. The summed E-state index contributed by atoms with van der Waals surface area (Å²) in [5.41, 5.74) is 8.91. The SMILES string of the molecule is Cc1cc(-c2csc(NC(=O)C(C)C(N)c3ccccc3)n2)c(C)o1.Cl. The van der Waals surface area contributed by atoms with Crippen molar-refractivity contribution in [2.24, 2.45) is 11.7 Å². The fourth-order valence-electron chi connectivity index (χ4n) is 2.69. The Morgan fingerprint density at radius 2 is 1.96 bits per heavy atom. The monoisotopic (exact) mass is 391 g/mol. The molecule has 2 heterocycles. The lowest BCUT2D eigenvalue weighted by Crippen LogP contribution is -2.30. The van der Waals surface area contributed by atoms with Crippen molar-refractivity contribution in [2.75, 3.05) is 5.32 Å². The van der Waals surface area contributed by atoms with Crippen molar-refractivity contribution < 1.29 is 9.21 Å². The fourth-order valence-corrected chi connectivity index (χ4v) is 3.40. The van der Waals surface area contributed by atoms with Crippen LogP contribution in [0.5, 0.6) is 0 Å². The molecule has 0 saturated heterocycles. The first kappa shape index (κ1) is 20.2. The van der Waals surface area contributed by atoms with Crippen molar-refractivity contribution in [1.82, 2.24) is 4.98 Å². The highest BCUT2D eigenvalue weighted by atomic mass is 35.5.